The molecule has 11 heteroatoms. The second-order valence-electron chi connectivity index (χ2n) is 9.55. The topological polar surface area (TPSA) is 114 Å². The van der Waals surface area contributed by atoms with Crippen molar-refractivity contribution in [2.24, 2.45) is 5.41 Å². The van der Waals surface area contributed by atoms with Crippen LogP contribution in [0.5, 0.6) is 0 Å². The number of carbonyl (C=O) groups is 1. The lowest BCUT2D eigenvalue weighted by Gasteiger charge is -2.35. The molecule has 3 aromatic rings. The third kappa shape index (κ3) is 5.48. The summed E-state index contributed by atoms with van der Waals surface area (Å²) in [5, 5.41) is 2.84. The number of imidazole rings is 1. The van der Waals surface area contributed by atoms with Crippen LogP contribution < -0.4 is 10.2 Å². The van der Waals surface area contributed by atoms with E-state index in [4.69, 9.17) is 24.2 Å². The summed E-state index contributed by atoms with van der Waals surface area (Å²) >= 11 is 0. The number of aromatic nitrogens is 4. The van der Waals surface area contributed by atoms with Gasteiger partial charge in [0.15, 0.2) is 5.82 Å². The molecule has 0 saturated carbocycles. The Balaban J connectivity index is 1.41. The molecule has 2 saturated heterocycles. The number of H-pyrrole nitrogens is 1. The number of amides is 1. The molecule has 0 aliphatic carbocycles. The molecular formula is C26H31FN6O4. The summed E-state index contributed by atoms with van der Waals surface area (Å²) in [5.41, 5.74) is 1.80. The zero-order valence-electron chi connectivity index (χ0n) is 21.0. The number of rotatable bonds is 8. The number of halogens is 1. The first kappa shape index (κ1) is 25.2. The Bertz CT molecular complexity index is 1220. The third-order valence-corrected chi connectivity index (χ3v) is 6.60. The number of nitrogens with zero attached hydrogens (tertiary/aromatic N) is 4. The van der Waals surface area contributed by atoms with Crippen molar-refractivity contribution >= 4 is 11.9 Å². The number of ether oxygens (including phenoxy) is 3. The van der Waals surface area contributed by atoms with E-state index < -0.39 is 11.7 Å². The Morgan fingerprint density at radius 3 is 2.62 bits per heavy atom. The lowest BCUT2D eigenvalue weighted by atomic mass is 9.91. The molecule has 10 nitrogen and oxygen atoms in total. The molecule has 1 aromatic carbocycles. The molecule has 2 fully saturated rings. The Morgan fingerprint density at radius 1 is 1.19 bits per heavy atom. The van der Waals surface area contributed by atoms with Gasteiger partial charge in [-0.05, 0) is 50.1 Å². The van der Waals surface area contributed by atoms with E-state index >= 15 is 0 Å². The van der Waals surface area contributed by atoms with Gasteiger partial charge < -0.3 is 29.4 Å². The quantitative estimate of drug-likeness (QED) is 0.445. The molecule has 0 spiro atoms. The van der Waals surface area contributed by atoms with E-state index in [0.29, 0.717) is 42.0 Å². The second kappa shape index (κ2) is 10.9. The predicted molar refractivity (Wildman–Crippen MR) is 134 cm³/mol. The number of methoxy groups -OCH3 is 1. The predicted octanol–water partition coefficient (Wildman–Crippen LogP) is 3.09. The lowest BCUT2D eigenvalue weighted by Crippen LogP contribution is -2.49. The van der Waals surface area contributed by atoms with Crippen molar-refractivity contribution in [2.45, 2.75) is 26.1 Å². The highest BCUT2D eigenvalue weighted by atomic mass is 19.1. The van der Waals surface area contributed by atoms with Gasteiger partial charge in [-0.25, -0.2) is 19.3 Å². The number of nitrogens with one attached hydrogen (secondary N) is 2. The number of aromatic amines is 1. The molecule has 2 N–H and O–H groups in total. The fraction of sp³-hybridized carbons (Fsp3) is 0.462. The van der Waals surface area contributed by atoms with Crippen LogP contribution in [0.15, 0.2) is 36.5 Å². The number of hydrogen-bond donors (Lipinski definition) is 2. The van der Waals surface area contributed by atoms with Gasteiger partial charge in [0, 0.05) is 38.5 Å². The molecule has 4 heterocycles. The van der Waals surface area contributed by atoms with Crippen molar-refractivity contribution in [1.29, 1.82) is 0 Å². The van der Waals surface area contributed by atoms with Crippen LogP contribution in [0.4, 0.5) is 10.3 Å². The highest BCUT2D eigenvalue weighted by Crippen LogP contribution is 2.36. The Labute approximate surface area is 214 Å². The number of carbonyl (C=O) groups excluding carboxylic acids is 1. The van der Waals surface area contributed by atoms with Crippen molar-refractivity contribution in [3.63, 3.8) is 0 Å². The largest absolute Gasteiger partial charge is 0.383 e. The summed E-state index contributed by atoms with van der Waals surface area (Å²) in [5.74, 6) is 0.612. The van der Waals surface area contributed by atoms with Crippen molar-refractivity contribution in [1.82, 2.24) is 25.3 Å². The van der Waals surface area contributed by atoms with Crippen molar-refractivity contribution in [2.75, 3.05) is 51.5 Å². The van der Waals surface area contributed by atoms with E-state index in [1.165, 1.54) is 12.1 Å². The molecule has 37 heavy (non-hydrogen) atoms. The van der Waals surface area contributed by atoms with E-state index in [1.54, 1.807) is 32.4 Å². The van der Waals surface area contributed by atoms with Gasteiger partial charge in [0.1, 0.15) is 5.82 Å². The highest BCUT2D eigenvalue weighted by molar-refractivity contribution is 5.82. The smallest absolute Gasteiger partial charge is 0.230 e. The van der Waals surface area contributed by atoms with Crippen LogP contribution in [-0.4, -0.2) is 72.4 Å². The molecule has 0 unspecified atom stereocenters. The first-order valence-corrected chi connectivity index (χ1v) is 12.4. The Kier molecular flexibility index (Phi) is 7.45. The van der Waals surface area contributed by atoms with Crippen molar-refractivity contribution < 1.29 is 23.4 Å². The van der Waals surface area contributed by atoms with Gasteiger partial charge in [-0.3, -0.25) is 4.79 Å². The average molecular weight is 511 g/mol. The van der Waals surface area contributed by atoms with Crippen LogP contribution in [0.3, 0.4) is 0 Å². The summed E-state index contributed by atoms with van der Waals surface area (Å²) in [6.07, 6.45) is 3.16. The molecule has 2 aliphatic heterocycles. The van der Waals surface area contributed by atoms with E-state index in [9.17, 15) is 9.18 Å². The van der Waals surface area contributed by atoms with Crippen LogP contribution in [-0.2, 0) is 19.0 Å². The van der Waals surface area contributed by atoms with E-state index in [1.807, 2.05) is 6.07 Å². The monoisotopic (exact) mass is 510 g/mol. The standard InChI is InChI=1S/C26H31FN6O4/c1-26(24(34)28-11-14-35-2)15-36-23(37-16-26)22-31-20(17-5-7-18(27)8-6-17)21(32-22)19-9-10-29-25(30-19)33-12-3-4-13-33/h5-10,23H,3-4,11-16H2,1-2H3,(H,28,34)(H,31,32). The first-order chi connectivity index (χ1) is 18.0. The minimum atomic E-state index is -0.837. The Morgan fingerprint density at radius 2 is 1.92 bits per heavy atom. The van der Waals surface area contributed by atoms with Crippen molar-refractivity contribution in [3.05, 3.63) is 48.2 Å². The second-order valence-corrected chi connectivity index (χ2v) is 9.55. The third-order valence-electron chi connectivity index (χ3n) is 6.60. The minimum absolute atomic E-state index is 0.158. The maximum Gasteiger partial charge on any atom is 0.230 e. The maximum absolute atomic E-state index is 13.6. The van der Waals surface area contributed by atoms with E-state index in [-0.39, 0.29) is 24.9 Å². The molecular weight excluding hydrogens is 479 g/mol. The number of hydrogen-bond acceptors (Lipinski definition) is 8. The molecule has 1 amide bonds. The Hall–Kier alpha value is -3.41. The fourth-order valence-corrected chi connectivity index (χ4v) is 4.44. The summed E-state index contributed by atoms with van der Waals surface area (Å²) in [6.45, 7) is 4.79. The minimum Gasteiger partial charge on any atom is -0.383 e. The summed E-state index contributed by atoms with van der Waals surface area (Å²) < 4.78 is 30.6. The fourth-order valence-electron chi connectivity index (χ4n) is 4.44. The van der Waals surface area contributed by atoms with Gasteiger partial charge >= 0.3 is 0 Å². The number of benzene rings is 1. The molecule has 5 rings (SSSR count). The molecule has 0 bridgehead atoms. The normalized spacial score (nSPS) is 21.8. The lowest BCUT2D eigenvalue weighted by molar-refractivity contribution is -0.231. The van der Waals surface area contributed by atoms with Crippen LogP contribution in [0.25, 0.3) is 22.6 Å². The summed E-state index contributed by atoms with van der Waals surface area (Å²) in [7, 11) is 1.58. The molecule has 2 aliphatic rings. The van der Waals surface area contributed by atoms with Gasteiger partial charge in [0.05, 0.1) is 42.3 Å². The maximum atomic E-state index is 13.6. The van der Waals surface area contributed by atoms with E-state index in [0.717, 1.165) is 31.5 Å². The molecule has 0 radical (unpaired) electrons. The number of anilines is 1. The SMILES string of the molecule is COCCNC(=O)C1(C)COC(c2nc(-c3ccc(F)cc3)c(-c3ccnc(N4CCCC4)n3)[nH]2)OC1. The molecule has 0 atom stereocenters. The first-order valence-electron chi connectivity index (χ1n) is 12.4. The summed E-state index contributed by atoms with van der Waals surface area (Å²) in [6, 6.07) is 7.94. The van der Waals surface area contributed by atoms with Gasteiger partial charge in [0.25, 0.3) is 0 Å². The van der Waals surface area contributed by atoms with Gasteiger partial charge in [-0.1, -0.05) is 0 Å². The van der Waals surface area contributed by atoms with Gasteiger partial charge in [-0.15, -0.1) is 0 Å². The molecule has 196 valence electrons. The molecule has 2 aromatic heterocycles. The zero-order valence-corrected chi connectivity index (χ0v) is 21.0. The summed E-state index contributed by atoms with van der Waals surface area (Å²) in [4.78, 5) is 32.1. The average Bonchev–Trinajstić information content (AvgIpc) is 3.61. The van der Waals surface area contributed by atoms with Crippen molar-refractivity contribution in [3.8, 4) is 22.6 Å². The van der Waals surface area contributed by atoms with Gasteiger partial charge in [0.2, 0.25) is 18.1 Å². The van der Waals surface area contributed by atoms with E-state index in [2.05, 4.69) is 20.2 Å². The van der Waals surface area contributed by atoms with Crippen LogP contribution in [0.2, 0.25) is 0 Å². The van der Waals surface area contributed by atoms with Gasteiger partial charge in [-0.2, -0.15) is 0 Å². The van der Waals surface area contributed by atoms with Crippen LogP contribution in [0, 0.1) is 11.2 Å². The van der Waals surface area contributed by atoms with Crippen LogP contribution >= 0.6 is 0 Å². The van der Waals surface area contributed by atoms with Crippen LogP contribution in [0.1, 0.15) is 31.9 Å². The highest BCUT2D eigenvalue weighted by Gasteiger charge is 2.40. The zero-order chi connectivity index (χ0) is 25.8.